The van der Waals surface area contributed by atoms with E-state index in [1.165, 1.54) is 0 Å². The van der Waals surface area contributed by atoms with Crippen LogP contribution in [0.4, 0.5) is 0 Å². The molecular weight excluding hydrogens is 102 g/mol. The third-order valence-electron chi connectivity index (χ3n) is 0.965. The van der Waals surface area contributed by atoms with Crippen LogP contribution in [-0.4, -0.2) is 12.8 Å². The quantitative estimate of drug-likeness (QED) is 0.515. The van der Waals surface area contributed by atoms with Gasteiger partial charge in [0.1, 0.15) is 6.23 Å². The van der Waals surface area contributed by atoms with E-state index in [0.717, 1.165) is 19.4 Å². The summed E-state index contributed by atoms with van der Waals surface area (Å²) >= 11 is 0. The fourth-order valence-electron chi connectivity index (χ4n) is 0.603. The lowest BCUT2D eigenvalue weighted by molar-refractivity contribution is 0.116. The van der Waals surface area contributed by atoms with Crippen molar-refractivity contribution in [2.75, 3.05) is 6.61 Å². The van der Waals surface area contributed by atoms with Crippen molar-refractivity contribution in [2.45, 2.75) is 32.9 Å². The molecule has 1 fully saturated rings. The molecule has 1 heterocycles. The molecule has 0 aromatic rings. The fraction of sp³-hybridized carbons (Fsp3) is 1.00. The summed E-state index contributed by atoms with van der Waals surface area (Å²) in [5.74, 6) is 0. The van der Waals surface area contributed by atoms with Gasteiger partial charge in [-0.05, 0) is 12.8 Å². The molecule has 2 nitrogen and oxygen atoms in total. The van der Waals surface area contributed by atoms with Crippen LogP contribution >= 0.6 is 0 Å². The highest BCUT2D eigenvalue weighted by atomic mass is 16.5. The van der Waals surface area contributed by atoms with Crippen LogP contribution in [-0.2, 0) is 4.74 Å². The number of ether oxygens (including phenoxy) is 1. The van der Waals surface area contributed by atoms with Crippen molar-refractivity contribution in [1.82, 2.24) is 0 Å². The zero-order valence-electron chi connectivity index (χ0n) is 5.68. The van der Waals surface area contributed by atoms with Gasteiger partial charge in [-0.25, -0.2) is 0 Å². The summed E-state index contributed by atoms with van der Waals surface area (Å²) in [4.78, 5) is 0. The van der Waals surface area contributed by atoms with Crippen molar-refractivity contribution in [3.63, 3.8) is 0 Å². The van der Waals surface area contributed by atoms with Crippen LogP contribution in [0.15, 0.2) is 0 Å². The molecule has 1 aliphatic rings. The van der Waals surface area contributed by atoms with Crippen molar-refractivity contribution in [3.05, 3.63) is 0 Å². The summed E-state index contributed by atoms with van der Waals surface area (Å²) in [5, 5.41) is 0. The van der Waals surface area contributed by atoms with E-state index in [1.807, 2.05) is 13.8 Å². The Kier molecular flexibility index (Phi) is 5.01. The van der Waals surface area contributed by atoms with Gasteiger partial charge in [-0.2, -0.15) is 0 Å². The lowest BCUT2D eigenvalue weighted by Gasteiger charge is -1.95. The summed E-state index contributed by atoms with van der Waals surface area (Å²) in [6.45, 7) is 4.86. The molecule has 0 radical (unpaired) electrons. The molecule has 0 aliphatic carbocycles. The second kappa shape index (κ2) is 5.06. The summed E-state index contributed by atoms with van der Waals surface area (Å²) < 4.78 is 4.93. The Hall–Kier alpha value is -0.0800. The van der Waals surface area contributed by atoms with Gasteiger partial charge in [-0.15, -0.1) is 0 Å². The van der Waals surface area contributed by atoms with E-state index < -0.39 is 0 Å². The van der Waals surface area contributed by atoms with Crippen molar-refractivity contribution in [2.24, 2.45) is 5.73 Å². The Morgan fingerprint density at radius 1 is 1.50 bits per heavy atom. The third kappa shape index (κ3) is 2.99. The average Bonchev–Trinajstić information content (AvgIpc) is 2.24. The lowest BCUT2D eigenvalue weighted by atomic mass is 10.3. The number of hydrogen-bond donors (Lipinski definition) is 1. The maximum absolute atomic E-state index is 5.31. The maximum Gasteiger partial charge on any atom is 0.105 e. The smallest absolute Gasteiger partial charge is 0.105 e. The molecule has 8 heavy (non-hydrogen) atoms. The van der Waals surface area contributed by atoms with Gasteiger partial charge in [-0.1, -0.05) is 13.8 Å². The molecular formula is C6H15NO. The SMILES string of the molecule is CC.NC1CCCO1. The van der Waals surface area contributed by atoms with E-state index in [1.54, 1.807) is 0 Å². The second-order valence-electron chi connectivity index (χ2n) is 1.55. The van der Waals surface area contributed by atoms with Crippen LogP contribution in [0.2, 0.25) is 0 Å². The van der Waals surface area contributed by atoms with Crippen LogP contribution < -0.4 is 5.73 Å². The predicted molar refractivity (Wildman–Crippen MR) is 34.5 cm³/mol. The first-order valence-corrected chi connectivity index (χ1v) is 3.27. The molecule has 2 N–H and O–H groups in total. The standard InChI is InChI=1S/C4H9NO.C2H6/c5-4-2-1-3-6-4;1-2/h4H,1-3,5H2;1-2H3. The molecule has 50 valence electrons. The monoisotopic (exact) mass is 117 g/mol. The number of hydrogen-bond acceptors (Lipinski definition) is 2. The molecule has 1 unspecified atom stereocenters. The summed E-state index contributed by atoms with van der Waals surface area (Å²) in [6, 6.07) is 0. The maximum atomic E-state index is 5.31. The van der Waals surface area contributed by atoms with Gasteiger partial charge in [-0.3, -0.25) is 0 Å². The van der Waals surface area contributed by atoms with Gasteiger partial charge in [0.15, 0.2) is 0 Å². The zero-order chi connectivity index (χ0) is 6.41. The Morgan fingerprint density at radius 3 is 2.25 bits per heavy atom. The highest BCUT2D eigenvalue weighted by molar-refractivity contribution is 4.54. The van der Waals surface area contributed by atoms with Crippen LogP contribution in [0, 0.1) is 0 Å². The fourth-order valence-corrected chi connectivity index (χ4v) is 0.603. The highest BCUT2D eigenvalue weighted by Crippen LogP contribution is 2.04. The van der Waals surface area contributed by atoms with Crippen LogP contribution in [0.1, 0.15) is 26.7 Å². The zero-order valence-corrected chi connectivity index (χ0v) is 5.68. The third-order valence-corrected chi connectivity index (χ3v) is 0.965. The molecule has 1 saturated heterocycles. The van der Waals surface area contributed by atoms with Gasteiger partial charge >= 0.3 is 0 Å². The van der Waals surface area contributed by atoms with Crippen molar-refractivity contribution in [3.8, 4) is 0 Å². The van der Waals surface area contributed by atoms with Crippen molar-refractivity contribution in [1.29, 1.82) is 0 Å². The lowest BCUT2D eigenvalue weighted by Crippen LogP contribution is -2.16. The summed E-state index contributed by atoms with van der Waals surface area (Å²) in [6.07, 6.45) is 2.23. The average molecular weight is 117 g/mol. The van der Waals surface area contributed by atoms with Gasteiger partial charge in [0.05, 0.1) is 0 Å². The van der Waals surface area contributed by atoms with Gasteiger partial charge in [0.2, 0.25) is 0 Å². The second-order valence-corrected chi connectivity index (χ2v) is 1.55. The van der Waals surface area contributed by atoms with Crippen LogP contribution in [0.5, 0.6) is 0 Å². The van der Waals surface area contributed by atoms with E-state index in [2.05, 4.69) is 0 Å². The minimum Gasteiger partial charge on any atom is -0.364 e. The molecule has 1 rings (SSSR count). The van der Waals surface area contributed by atoms with Crippen LogP contribution in [0.25, 0.3) is 0 Å². The first-order valence-electron chi connectivity index (χ1n) is 3.27. The molecule has 0 amide bonds. The van der Waals surface area contributed by atoms with Gasteiger partial charge < -0.3 is 10.5 Å². The molecule has 1 atom stereocenters. The van der Waals surface area contributed by atoms with E-state index in [0.29, 0.717) is 0 Å². The molecule has 2 heteroatoms. The Morgan fingerprint density at radius 2 is 2.12 bits per heavy atom. The van der Waals surface area contributed by atoms with E-state index >= 15 is 0 Å². The Labute approximate surface area is 51.0 Å². The molecule has 0 saturated carbocycles. The molecule has 0 spiro atoms. The minimum absolute atomic E-state index is 0.0463. The number of nitrogens with two attached hydrogens (primary N) is 1. The summed E-state index contributed by atoms with van der Waals surface area (Å²) in [7, 11) is 0. The van der Waals surface area contributed by atoms with Crippen LogP contribution in [0.3, 0.4) is 0 Å². The van der Waals surface area contributed by atoms with Crippen molar-refractivity contribution >= 4 is 0 Å². The van der Waals surface area contributed by atoms with E-state index in [-0.39, 0.29) is 6.23 Å². The summed E-state index contributed by atoms with van der Waals surface area (Å²) in [5.41, 5.74) is 5.31. The molecule has 0 aromatic carbocycles. The predicted octanol–water partition coefficient (Wildman–Crippen LogP) is 1.11. The van der Waals surface area contributed by atoms with E-state index in [4.69, 9.17) is 10.5 Å². The molecule has 0 aromatic heterocycles. The topological polar surface area (TPSA) is 35.2 Å². The van der Waals surface area contributed by atoms with Gasteiger partial charge in [0.25, 0.3) is 0 Å². The molecule has 1 aliphatic heterocycles. The highest BCUT2D eigenvalue weighted by Gasteiger charge is 2.07. The van der Waals surface area contributed by atoms with E-state index in [9.17, 15) is 0 Å². The van der Waals surface area contributed by atoms with Crippen molar-refractivity contribution < 1.29 is 4.74 Å². The largest absolute Gasteiger partial charge is 0.364 e. The van der Waals surface area contributed by atoms with Gasteiger partial charge in [0, 0.05) is 6.61 Å². The Bertz CT molecular complexity index is 41.8. The normalized spacial score (nSPS) is 26.6. The first kappa shape index (κ1) is 7.92. The molecule has 0 bridgehead atoms. The Balaban J connectivity index is 0.000000222. The first-order chi connectivity index (χ1) is 3.89. The number of rotatable bonds is 0. The minimum atomic E-state index is 0.0463.